The first-order valence-electron chi connectivity index (χ1n) is 5.23. The molecule has 0 saturated carbocycles. The topological polar surface area (TPSA) is 37.4 Å². The molecule has 16 heavy (non-hydrogen) atoms. The second kappa shape index (κ2) is 4.37. The van der Waals surface area contributed by atoms with Crippen LogP contribution in [0.2, 0.25) is 0 Å². The summed E-state index contributed by atoms with van der Waals surface area (Å²) in [5.74, 6) is -0.348. The molecule has 2 rings (SSSR count). The molecule has 4 heteroatoms. The fourth-order valence-corrected chi connectivity index (χ4v) is 2.65. The van der Waals surface area contributed by atoms with Crippen molar-refractivity contribution < 1.29 is 9.59 Å². The molecule has 3 nitrogen and oxygen atoms in total. The number of nitrogens with zero attached hydrogens (tertiary/aromatic N) is 1. The van der Waals surface area contributed by atoms with Gasteiger partial charge in [-0.15, -0.1) is 0 Å². The van der Waals surface area contributed by atoms with E-state index < -0.39 is 0 Å². The van der Waals surface area contributed by atoms with Crippen LogP contribution in [0.3, 0.4) is 0 Å². The van der Waals surface area contributed by atoms with Crippen LogP contribution in [-0.4, -0.2) is 28.1 Å². The third-order valence-electron chi connectivity index (χ3n) is 2.84. The molecular formula is C12H12BrNO2. The van der Waals surface area contributed by atoms with Gasteiger partial charge in [-0.1, -0.05) is 35.0 Å². The second-order valence-electron chi connectivity index (χ2n) is 3.74. The Bertz CT molecular complexity index is 405. The van der Waals surface area contributed by atoms with Gasteiger partial charge in [0, 0.05) is 11.4 Å². The summed E-state index contributed by atoms with van der Waals surface area (Å²) in [5.41, 5.74) is 1.04. The van der Waals surface area contributed by atoms with E-state index in [0.717, 1.165) is 6.42 Å². The van der Waals surface area contributed by atoms with Gasteiger partial charge in [-0.3, -0.25) is 14.5 Å². The highest BCUT2D eigenvalue weighted by Crippen LogP contribution is 2.25. The molecule has 1 heterocycles. The number of imide groups is 1. The maximum absolute atomic E-state index is 12.1. The summed E-state index contributed by atoms with van der Waals surface area (Å²) >= 11 is 3.34. The Labute approximate surface area is 103 Å². The number of rotatable bonds is 3. The molecule has 0 radical (unpaired) electrons. The summed E-state index contributed by atoms with van der Waals surface area (Å²) in [6.07, 6.45) is 0.761. The van der Waals surface area contributed by atoms with Crippen LogP contribution in [0.1, 0.15) is 34.1 Å². The van der Waals surface area contributed by atoms with Crippen molar-refractivity contribution in [2.45, 2.75) is 19.4 Å². The molecule has 0 aliphatic carbocycles. The summed E-state index contributed by atoms with van der Waals surface area (Å²) < 4.78 is 0. The van der Waals surface area contributed by atoms with Crippen molar-refractivity contribution in [3.8, 4) is 0 Å². The van der Waals surface area contributed by atoms with Crippen LogP contribution in [0.4, 0.5) is 0 Å². The highest BCUT2D eigenvalue weighted by Gasteiger charge is 2.38. The molecule has 0 saturated heterocycles. The number of benzene rings is 1. The van der Waals surface area contributed by atoms with Crippen molar-refractivity contribution in [2.75, 3.05) is 5.33 Å². The Morgan fingerprint density at radius 1 is 1.19 bits per heavy atom. The lowest BCUT2D eigenvalue weighted by Gasteiger charge is -2.22. The number of hydrogen-bond acceptors (Lipinski definition) is 2. The molecular weight excluding hydrogens is 270 g/mol. The first-order chi connectivity index (χ1) is 7.70. The van der Waals surface area contributed by atoms with E-state index in [-0.39, 0.29) is 17.9 Å². The minimum atomic E-state index is -0.174. The minimum Gasteiger partial charge on any atom is -0.270 e. The van der Waals surface area contributed by atoms with Gasteiger partial charge >= 0.3 is 0 Å². The first-order valence-corrected chi connectivity index (χ1v) is 6.35. The Kier molecular flexibility index (Phi) is 3.10. The summed E-state index contributed by atoms with van der Waals surface area (Å²) in [5, 5.41) is 0.620. The average molecular weight is 282 g/mol. The lowest BCUT2D eigenvalue weighted by molar-refractivity contribution is 0.0597. The van der Waals surface area contributed by atoms with Crippen LogP contribution in [-0.2, 0) is 0 Å². The van der Waals surface area contributed by atoms with E-state index in [4.69, 9.17) is 0 Å². The largest absolute Gasteiger partial charge is 0.270 e. The summed E-state index contributed by atoms with van der Waals surface area (Å²) in [4.78, 5) is 25.5. The van der Waals surface area contributed by atoms with Gasteiger partial charge in [0.25, 0.3) is 11.8 Å². The third-order valence-corrected chi connectivity index (χ3v) is 3.59. The molecule has 0 aromatic heterocycles. The standard InChI is InChI=1S/C12H12BrNO2/c1-2-8(7-13)14-11(15)9-5-3-4-6-10(9)12(14)16/h3-6,8H,2,7H2,1H3. The highest BCUT2D eigenvalue weighted by atomic mass is 79.9. The highest BCUT2D eigenvalue weighted by molar-refractivity contribution is 9.09. The van der Waals surface area contributed by atoms with Crippen LogP contribution in [0, 0.1) is 0 Å². The smallest absolute Gasteiger partial charge is 0.261 e. The maximum Gasteiger partial charge on any atom is 0.261 e. The molecule has 1 aliphatic rings. The molecule has 2 amide bonds. The van der Waals surface area contributed by atoms with E-state index in [1.807, 2.05) is 6.92 Å². The van der Waals surface area contributed by atoms with Gasteiger partial charge in [0.1, 0.15) is 0 Å². The van der Waals surface area contributed by atoms with Crippen LogP contribution < -0.4 is 0 Å². The van der Waals surface area contributed by atoms with Gasteiger partial charge in [-0.25, -0.2) is 0 Å². The Morgan fingerprint density at radius 2 is 1.69 bits per heavy atom. The van der Waals surface area contributed by atoms with Crippen LogP contribution in [0.15, 0.2) is 24.3 Å². The number of fused-ring (bicyclic) bond motifs is 1. The fraction of sp³-hybridized carbons (Fsp3) is 0.333. The van der Waals surface area contributed by atoms with Crippen molar-refractivity contribution in [1.29, 1.82) is 0 Å². The zero-order valence-corrected chi connectivity index (χ0v) is 10.5. The predicted octanol–water partition coefficient (Wildman–Crippen LogP) is 2.46. The SMILES string of the molecule is CCC(CBr)N1C(=O)c2ccccc2C1=O. The molecule has 1 aromatic carbocycles. The monoisotopic (exact) mass is 281 g/mol. The Morgan fingerprint density at radius 3 is 2.06 bits per heavy atom. The Balaban J connectivity index is 2.42. The van der Waals surface area contributed by atoms with E-state index in [9.17, 15) is 9.59 Å². The molecule has 0 spiro atoms. The molecule has 1 unspecified atom stereocenters. The fourth-order valence-electron chi connectivity index (χ4n) is 1.90. The molecule has 84 valence electrons. The lowest BCUT2D eigenvalue weighted by atomic mass is 10.1. The predicted molar refractivity (Wildman–Crippen MR) is 64.8 cm³/mol. The van der Waals surface area contributed by atoms with Gasteiger partial charge in [0.05, 0.1) is 11.1 Å². The molecule has 1 aliphatic heterocycles. The van der Waals surface area contributed by atoms with Gasteiger partial charge in [0.2, 0.25) is 0 Å². The number of carbonyl (C=O) groups excluding carboxylic acids is 2. The zero-order chi connectivity index (χ0) is 11.7. The van der Waals surface area contributed by atoms with E-state index >= 15 is 0 Å². The van der Waals surface area contributed by atoms with Crippen molar-refractivity contribution in [1.82, 2.24) is 4.90 Å². The maximum atomic E-state index is 12.1. The number of alkyl halides is 1. The van der Waals surface area contributed by atoms with Gasteiger partial charge < -0.3 is 0 Å². The van der Waals surface area contributed by atoms with E-state index in [1.165, 1.54) is 4.90 Å². The van der Waals surface area contributed by atoms with Crippen molar-refractivity contribution in [3.05, 3.63) is 35.4 Å². The zero-order valence-electron chi connectivity index (χ0n) is 8.94. The average Bonchev–Trinajstić information content (AvgIpc) is 2.57. The quantitative estimate of drug-likeness (QED) is 0.631. The van der Waals surface area contributed by atoms with E-state index in [2.05, 4.69) is 15.9 Å². The van der Waals surface area contributed by atoms with Crippen LogP contribution in [0.25, 0.3) is 0 Å². The number of carbonyl (C=O) groups is 2. The molecule has 0 N–H and O–H groups in total. The molecule has 1 aromatic rings. The number of hydrogen-bond donors (Lipinski definition) is 0. The van der Waals surface area contributed by atoms with Gasteiger partial charge in [-0.05, 0) is 18.6 Å². The Hall–Kier alpha value is -1.16. The third kappa shape index (κ3) is 1.57. The second-order valence-corrected chi connectivity index (χ2v) is 4.39. The van der Waals surface area contributed by atoms with Crippen LogP contribution >= 0.6 is 15.9 Å². The van der Waals surface area contributed by atoms with Gasteiger partial charge in [-0.2, -0.15) is 0 Å². The summed E-state index contributed by atoms with van der Waals surface area (Å²) in [6.45, 7) is 1.97. The van der Waals surface area contributed by atoms with Crippen LogP contribution in [0.5, 0.6) is 0 Å². The lowest BCUT2D eigenvalue weighted by Crippen LogP contribution is -2.40. The molecule has 0 bridgehead atoms. The summed E-state index contributed by atoms with van der Waals surface area (Å²) in [7, 11) is 0. The van der Waals surface area contributed by atoms with Crippen molar-refractivity contribution >= 4 is 27.7 Å². The van der Waals surface area contributed by atoms with Gasteiger partial charge in [0.15, 0.2) is 0 Å². The molecule has 1 atom stereocenters. The van der Waals surface area contributed by atoms with E-state index in [1.54, 1.807) is 24.3 Å². The minimum absolute atomic E-state index is 0.0626. The van der Waals surface area contributed by atoms with Crippen molar-refractivity contribution in [3.63, 3.8) is 0 Å². The first kappa shape index (κ1) is 11.3. The normalized spacial score (nSPS) is 16.5. The van der Waals surface area contributed by atoms with E-state index in [0.29, 0.717) is 16.5 Å². The van der Waals surface area contributed by atoms with Crippen molar-refractivity contribution in [2.24, 2.45) is 0 Å². The number of amides is 2. The summed E-state index contributed by atoms with van der Waals surface area (Å²) in [6, 6.07) is 6.91. The molecule has 0 fully saturated rings. The number of halogens is 1.